The Morgan fingerprint density at radius 1 is 1.44 bits per heavy atom. The van der Waals surface area contributed by atoms with Gasteiger partial charge in [0, 0.05) is 0 Å². The van der Waals surface area contributed by atoms with Crippen LogP contribution in [0.1, 0.15) is 23.2 Å². The number of hydrogen-bond donors (Lipinski definition) is 1. The van der Waals surface area contributed by atoms with Gasteiger partial charge in [0.2, 0.25) is 0 Å². The minimum absolute atomic E-state index is 0.149. The highest BCUT2D eigenvalue weighted by Gasteiger charge is 2.53. The molecule has 1 aromatic rings. The van der Waals surface area contributed by atoms with E-state index in [2.05, 4.69) is 0 Å². The molecule has 3 nitrogen and oxygen atoms in total. The molecule has 0 radical (unpaired) electrons. The van der Waals surface area contributed by atoms with Crippen LogP contribution in [-0.2, 0) is 0 Å². The Morgan fingerprint density at radius 3 is 2.72 bits per heavy atom. The van der Waals surface area contributed by atoms with E-state index in [1.54, 1.807) is 0 Å². The third-order valence-electron chi connectivity index (χ3n) is 3.74. The Morgan fingerprint density at radius 2 is 2.11 bits per heavy atom. The molecule has 2 aliphatic rings. The van der Waals surface area contributed by atoms with Crippen LogP contribution in [-0.4, -0.2) is 34.6 Å². The molecule has 1 aromatic carbocycles. The van der Waals surface area contributed by atoms with Crippen LogP contribution in [0.3, 0.4) is 0 Å². The molecule has 96 valence electrons. The lowest BCUT2D eigenvalue weighted by Gasteiger charge is -2.47. The highest BCUT2D eigenvalue weighted by Crippen LogP contribution is 2.44. The van der Waals surface area contributed by atoms with Crippen LogP contribution in [0.15, 0.2) is 18.2 Å². The van der Waals surface area contributed by atoms with Crippen molar-refractivity contribution in [3.05, 3.63) is 34.6 Å². The van der Waals surface area contributed by atoms with Crippen molar-refractivity contribution in [2.45, 2.75) is 18.4 Å². The van der Waals surface area contributed by atoms with E-state index in [0.29, 0.717) is 19.0 Å². The number of carbonyl (C=O) groups is 1. The molecule has 1 saturated carbocycles. The number of hydrogen-bond acceptors (Lipinski definition) is 2. The van der Waals surface area contributed by atoms with Crippen LogP contribution in [0.2, 0.25) is 5.02 Å². The molecule has 0 aromatic heterocycles. The zero-order valence-corrected chi connectivity index (χ0v) is 10.5. The fraction of sp³-hybridized carbons (Fsp3) is 0.462. The molecule has 18 heavy (non-hydrogen) atoms. The van der Waals surface area contributed by atoms with Gasteiger partial charge in [0.15, 0.2) is 0 Å². The average molecular weight is 270 g/mol. The summed E-state index contributed by atoms with van der Waals surface area (Å²) in [4.78, 5) is 13.6. The molecule has 1 N–H and O–H groups in total. The van der Waals surface area contributed by atoms with Gasteiger partial charge in [-0.25, -0.2) is 4.39 Å². The van der Waals surface area contributed by atoms with E-state index in [0.717, 1.165) is 12.8 Å². The van der Waals surface area contributed by atoms with Gasteiger partial charge in [-0.15, -0.1) is 0 Å². The summed E-state index contributed by atoms with van der Waals surface area (Å²) in [6, 6.07) is 4.18. The van der Waals surface area contributed by atoms with Gasteiger partial charge in [-0.1, -0.05) is 17.7 Å². The third-order valence-corrected chi connectivity index (χ3v) is 4.12. The summed E-state index contributed by atoms with van der Waals surface area (Å²) in [6.07, 6.45) is 2.05. The summed E-state index contributed by atoms with van der Waals surface area (Å²) >= 11 is 5.77. The molecule has 5 heteroatoms. The first kappa shape index (κ1) is 11.9. The van der Waals surface area contributed by atoms with Crippen molar-refractivity contribution in [1.29, 1.82) is 0 Å². The van der Waals surface area contributed by atoms with E-state index in [9.17, 15) is 14.3 Å². The predicted octanol–water partition coefficient (Wildman–Crippen LogP) is 2.08. The molecule has 0 atom stereocenters. The quantitative estimate of drug-likeness (QED) is 0.893. The van der Waals surface area contributed by atoms with Crippen LogP contribution < -0.4 is 0 Å². The monoisotopic (exact) mass is 269 g/mol. The standard InChI is InChI=1S/C13H13ClFNO2/c14-11-9(2-1-3-10(11)15)12(17)16-6-13(18,7-16)8-4-5-8/h1-3,8,18H,4-7H2. The maximum absolute atomic E-state index is 13.3. The Kier molecular flexibility index (Phi) is 2.61. The van der Waals surface area contributed by atoms with Crippen LogP contribution >= 0.6 is 11.6 Å². The van der Waals surface area contributed by atoms with Crippen molar-refractivity contribution >= 4 is 17.5 Å². The van der Waals surface area contributed by atoms with Crippen molar-refractivity contribution in [2.75, 3.05) is 13.1 Å². The number of carbonyl (C=O) groups excluding carboxylic acids is 1. The number of amides is 1. The maximum Gasteiger partial charge on any atom is 0.255 e. The summed E-state index contributed by atoms with van der Waals surface area (Å²) in [5.74, 6) is -0.588. The van der Waals surface area contributed by atoms with E-state index in [-0.39, 0.29) is 16.5 Å². The van der Waals surface area contributed by atoms with Gasteiger partial charge in [0.05, 0.1) is 23.7 Å². The fourth-order valence-corrected chi connectivity index (χ4v) is 2.68. The molecule has 1 heterocycles. The lowest BCUT2D eigenvalue weighted by Crippen LogP contribution is -2.64. The van der Waals surface area contributed by atoms with Crippen molar-refractivity contribution in [3.63, 3.8) is 0 Å². The van der Waals surface area contributed by atoms with Crippen molar-refractivity contribution < 1.29 is 14.3 Å². The molecule has 3 rings (SSSR count). The van der Waals surface area contributed by atoms with E-state index >= 15 is 0 Å². The SMILES string of the molecule is O=C(c1cccc(F)c1Cl)N1CC(O)(C2CC2)C1. The van der Waals surface area contributed by atoms with Gasteiger partial charge >= 0.3 is 0 Å². The number of aliphatic hydroxyl groups is 1. The molecule has 1 saturated heterocycles. The Labute approximate surface area is 109 Å². The molecular formula is C13H13ClFNO2. The second kappa shape index (κ2) is 3.93. The normalized spacial score (nSPS) is 21.6. The van der Waals surface area contributed by atoms with E-state index in [1.165, 1.54) is 23.1 Å². The van der Waals surface area contributed by atoms with Crippen LogP contribution in [0.5, 0.6) is 0 Å². The number of rotatable bonds is 2. The van der Waals surface area contributed by atoms with Gasteiger partial charge in [-0.3, -0.25) is 4.79 Å². The second-order valence-corrected chi connectivity index (χ2v) is 5.52. The molecule has 1 aliphatic carbocycles. The molecule has 0 unspecified atom stereocenters. The number of halogens is 2. The van der Waals surface area contributed by atoms with Crippen molar-refractivity contribution in [2.24, 2.45) is 5.92 Å². The first-order chi connectivity index (χ1) is 8.51. The average Bonchev–Trinajstić information content (AvgIpc) is 3.12. The smallest absolute Gasteiger partial charge is 0.255 e. The topological polar surface area (TPSA) is 40.5 Å². The minimum Gasteiger partial charge on any atom is -0.386 e. The Hall–Kier alpha value is -1.13. The van der Waals surface area contributed by atoms with Crippen molar-refractivity contribution in [3.8, 4) is 0 Å². The number of benzene rings is 1. The van der Waals surface area contributed by atoms with Gasteiger partial charge in [-0.2, -0.15) is 0 Å². The first-order valence-electron chi connectivity index (χ1n) is 5.97. The third kappa shape index (κ3) is 1.80. The van der Waals surface area contributed by atoms with E-state index < -0.39 is 11.4 Å². The van der Waals surface area contributed by atoms with E-state index in [1.807, 2.05) is 0 Å². The van der Waals surface area contributed by atoms with Gasteiger partial charge < -0.3 is 10.0 Å². The number of nitrogens with zero attached hydrogens (tertiary/aromatic N) is 1. The zero-order chi connectivity index (χ0) is 12.9. The van der Waals surface area contributed by atoms with Crippen LogP contribution in [0, 0.1) is 11.7 Å². The summed E-state index contributed by atoms with van der Waals surface area (Å²) in [6.45, 7) is 0.646. The fourth-order valence-electron chi connectivity index (χ4n) is 2.48. The molecule has 0 bridgehead atoms. The van der Waals surface area contributed by atoms with Crippen LogP contribution in [0.4, 0.5) is 4.39 Å². The second-order valence-electron chi connectivity index (χ2n) is 5.14. The Bertz CT molecular complexity index is 510. The molecule has 2 fully saturated rings. The molecular weight excluding hydrogens is 257 g/mol. The number of β-amino-alcohol motifs (C(OH)–C–C–N with tert-alkyl or cyclic N) is 1. The van der Waals surface area contributed by atoms with E-state index in [4.69, 9.17) is 11.6 Å². The molecule has 1 aliphatic heterocycles. The van der Waals surface area contributed by atoms with Crippen LogP contribution in [0.25, 0.3) is 0 Å². The predicted molar refractivity (Wildman–Crippen MR) is 65.0 cm³/mol. The number of likely N-dealkylation sites (tertiary alicyclic amines) is 1. The highest BCUT2D eigenvalue weighted by molar-refractivity contribution is 6.34. The lowest BCUT2D eigenvalue weighted by atomic mass is 9.88. The summed E-state index contributed by atoms with van der Waals surface area (Å²) in [5, 5.41) is 9.99. The van der Waals surface area contributed by atoms with Gasteiger partial charge in [0.1, 0.15) is 11.4 Å². The summed E-state index contributed by atoms with van der Waals surface area (Å²) < 4.78 is 13.3. The largest absolute Gasteiger partial charge is 0.386 e. The molecule has 1 amide bonds. The maximum atomic E-state index is 13.3. The van der Waals surface area contributed by atoms with Crippen molar-refractivity contribution in [1.82, 2.24) is 4.90 Å². The van der Waals surface area contributed by atoms with Gasteiger partial charge in [0.25, 0.3) is 5.91 Å². The summed E-state index contributed by atoms with van der Waals surface area (Å²) in [7, 11) is 0. The van der Waals surface area contributed by atoms with Gasteiger partial charge in [-0.05, 0) is 30.9 Å². The minimum atomic E-state index is -0.727. The Balaban J connectivity index is 1.74. The lowest BCUT2D eigenvalue weighted by molar-refractivity contribution is -0.0958. The molecule has 0 spiro atoms. The first-order valence-corrected chi connectivity index (χ1v) is 6.35. The zero-order valence-electron chi connectivity index (χ0n) is 9.70. The highest BCUT2D eigenvalue weighted by atomic mass is 35.5. The summed E-state index contributed by atoms with van der Waals surface area (Å²) in [5.41, 5.74) is -0.565.